The van der Waals surface area contributed by atoms with E-state index < -0.39 is 0 Å². The first kappa shape index (κ1) is 12.2. The normalized spacial score (nSPS) is 18.6. The van der Waals surface area contributed by atoms with Crippen molar-refractivity contribution in [1.29, 1.82) is 0 Å². The number of rotatable bonds is 4. The summed E-state index contributed by atoms with van der Waals surface area (Å²) in [7, 11) is 1.69. The smallest absolute Gasteiger partial charge is 0.119 e. The van der Waals surface area contributed by atoms with Crippen molar-refractivity contribution in [1.82, 2.24) is 0 Å². The van der Waals surface area contributed by atoms with E-state index in [2.05, 4.69) is 30.9 Å². The van der Waals surface area contributed by atoms with Crippen molar-refractivity contribution in [3.05, 3.63) is 23.8 Å². The molecule has 1 heterocycles. The van der Waals surface area contributed by atoms with Gasteiger partial charge in [-0.2, -0.15) is 0 Å². The van der Waals surface area contributed by atoms with E-state index in [-0.39, 0.29) is 0 Å². The van der Waals surface area contributed by atoms with Crippen molar-refractivity contribution in [2.24, 2.45) is 5.90 Å². The average Bonchev–Trinajstić information content (AvgIpc) is 2.68. The first-order chi connectivity index (χ1) is 8.17. The van der Waals surface area contributed by atoms with Gasteiger partial charge < -0.3 is 14.5 Å². The summed E-state index contributed by atoms with van der Waals surface area (Å²) in [5, 5.41) is 0. The number of hydrogen-bond donors (Lipinski definition) is 1. The van der Waals surface area contributed by atoms with E-state index in [1.54, 1.807) is 7.11 Å². The average molecular weight is 236 g/mol. The van der Waals surface area contributed by atoms with Crippen LogP contribution in [0.3, 0.4) is 0 Å². The SMILES string of the molecule is COc1ccc2c(c1)C(CON)CN2C(C)C. The Bertz CT molecular complexity index is 393. The van der Waals surface area contributed by atoms with Gasteiger partial charge in [-0.05, 0) is 37.6 Å². The second kappa shape index (κ2) is 4.94. The molecule has 0 bridgehead atoms. The van der Waals surface area contributed by atoms with Crippen LogP contribution < -0.4 is 15.5 Å². The number of methoxy groups -OCH3 is 1. The Kier molecular flexibility index (Phi) is 3.54. The highest BCUT2D eigenvalue weighted by Gasteiger charge is 2.30. The number of nitrogens with zero attached hydrogens (tertiary/aromatic N) is 1. The summed E-state index contributed by atoms with van der Waals surface area (Å²) in [4.78, 5) is 7.19. The monoisotopic (exact) mass is 236 g/mol. The Morgan fingerprint density at radius 1 is 1.47 bits per heavy atom. The molecule has 4 nitrogen and oxygen atoms in total. The standard InChI is InChI=1S/C13H20N2O2/c1-9(2)15-7-10(8-17-14)12-6-11(16-3)4-5-13(12)15/h4-6,9-10H,7-8,14H2,1-3H3. The fraction of sp³-hybridized carbons (Fsp3) is 0.538. The molecule has 0 spiro atoms. The molecule has 17 heavy (non-hydrogen) atoms. The molecule has 0 amide bonds. The number of anilines is 1. The maximum absolute atomic E-state index is 5.27. The minimum absolute atomic E-state index is 0.326. The molecule has 1 aromatic carbocycles. The highest BCUT2D eigenvalue weighted by Crippen LogP contribution is 2.39. The van der Waals surface area contributed by atoms with E-state index in [0.717, 1.165) is 12.3 Å². The van der Waals surface area contributed by atoms with Crippen LogP contribution in [0, 0.1) is 0 Å². The summed E-state index contributed by atoms with van der Waals surface area (Å²) in [6.07, 6.45) is 0. The number of nitrogens with two attached hydrogens (primary N) is 1. The van der Waals surface area contributed by atoms with Gasteiger partial charge in [0.2, 0.25) is 0 Å². The van der Waals surface area contributed by atoms with Crippen LogP contribution in [0.1, 0.15) is 25.3 Å². The minimum atomic E-state index is 0.326. The van der Waals surface area contributed by atoms with Crippen LogP contribution in [-0.2, 0) is 4.84 Å². The second-order valence-corrected chi connectivity index (χ2v) is 4.70. The Balaban J connectivity index is 2.36. The Labute approximate surface area is 102 Å². The van der Waals surface area contributed by atoms with E-state index >= 15 is 0 Å². The van der Waals surface area contributed by atoms with Crippen LogP contribution in [0.4, 0.5) is 5.69 Å². The number of fused-ring (bicyclic) bond motifs is 1. The van der Waals surface area contributed by atoms with Crippen molar-refractivity contribution in [3.63, 3.8) is 0 Å². The van der Waals surface area contributed by atoms with Gasteiger partial charge in [0.15, 0.2) is 0 Å². The molecule has 1 aliphatic heterocycles. The van der Waals surface area contributed by atoms with Crippen molar-refractivity contribution in [2.45, 2.75) is 25.8 Å². The molecule has 0 saturated carbocycles. The predicted molar refractivity (Wildman–Crippen MR) is 68.4 cm³/mol. The van der Waals surface area contributed by atoms with Gasteiger partial charge in [-0.25, -0.2) is 5.90 Å². The molecular formula is C13H20N2O2. The molecule has 4 heteroatoms. The van der Waals surface area contributed by atoms with Crippen molar-refractivity contribution >= 4 is 5.69 Å². The van der Waals surface area contributed by atoms with Gasteiger partial charge in [-0.3, -0.25) is 0 Å². The van der Waals surface area contributed by atoms with Gasteiger partial charge in [0.25, 0.3) is 0 Å². The lowest BCUT2D eigenvalue weighted by Crippen LogP contribution is -2.30. The molecule has 1 atom stereocenters. The zero-order chi connectivity index (χ0) is 12.4. The lowest BCUT2D eigenvalue weighted by atomic mass is 10.0. The summed E-state index contributed by atoms with van der Waals surface area (Å²) in [5.41, 5.74) is 2.53. The van der Waals surface area contributed by atoms with Crippen molar-refractivity contribution in [2.75, 3.05) is 25.2 Å². The lowest BCUT2D eigenvalue weighted by Gasteiger charge is -2.24. The van der Waals surface area contributed by atoms with Gasteiger partial charge in [-0.1, -0.05) is 0 Å². The third-order valence-corrected chi connectivity index (χ3v) is 3.32. The van der Waals surface area contributed by atoms with Crippen molar-refractivity contribution < 1.29 is 9.57 Å². The lowest BCUT2D eigenvalue weighted by molar-refractivity contribution is 0.125. The summed E-state index contributed by atoms with van der Waals surface area (Å²) >= 11 is 0. The zero-order valence-electron chi connectivity index (χ0n) is 10.6. The van der Waals surface area contributed by atoms with Crippen LogP contribution in [0.2, 0.25) is 0 Å². The van der Waals surface area contributed by atoms with E-state index in [4.69, 9.17) is 15.5 Å². The van der Waals surface area contributed by atoms with E-state index in [0.29, 0.717) is 18.6 Å². The third kappa shape index (κ3) is 2.23. The summed E-state index contributed by atoms with van der Waals surface area (Å²) < 4.78 is 5.27. The number of ether oxygens (including phenoxy) is 1. The fourth-order valence-corrected chi connectivity index (χ4v) is 2.43. The van der Waals surface area contributed by atoms with Gasteiger partial charge >= 0.3 is 0 Å². The second-order valence-electron chi connectivity index (χ2n) is 4.70. The van der Waals surface area contributed by atoms with E-state index in [9.17, 15) is 0 Å². The summed E-state index contributed by atoms with van der Waals surface area (Å²) in [6, 6.07) is 6.68. The maximum atomic E-state index is 5.27. The van der Waals surface area contributed by atoms with Gasteiger partial charge in [0, 0.05) is 24.2 Å². The van der Waals surface area contributed by atoms with Crippen LogP contribution >= 0.6 is 0 Å². The molecule has 2 rings (SSSR count). The highest BCUT2D eigenvalue weighted by molar-refractivity contribution is 5.63. The zero-order valence-corrected chi connectivity index (χ0v) is 10.6. The Hall–Kier alpha value is -1.26. The first-order valence-electron chi connectivity index (χ1n) is 5.93. The Morgan fingerprint density at radius 3 is 2.82 bits per heavy atom. The first-order valence-corrected chi connectivity index (χ1v) is 5.93. The van der Waals surface area contributed by atoms with Crippen molar-refractivity contribution in [3.8, 4) is 5.75 Å². The fourth-order valence-electron chi connectivity index (χ4n) is 2.43. The molecule has 1 unspecified atom stereocenters. The molecule has 0 aromatic heterocycles. The molecule has 1 aliphatic rings. The molecule has 0 aliphatic carbocycles. The number of hydrogen-bond acceptors (Lipinski definition) is 4. The quantitative estimate of drug-likeness (QED) is 0.811. The molecule has 1 aromatic rings. The topological polar surface area (TPSA) is 47.7 Å². The minimum Gasteiger partial charge on any atom is -0.497 e. The van der Waals surface area contributed by atoms with Crippen LogP contribution in [-0.4, -0.2) is 26.3 Å². The molecule has 94 valence electrons. The Morgan fingerprint density at radius 2 is 2.24 bits per heavy atom. The molecule has 0 radical (unpaired) electrons. The van der Waals surface area contributed by atoms with Crippen LogP contribution in [0.25, 0.3) is 0 Å². The van der Waals surface area contributed by atoms with Crippen LogP contribution in [0.5, 0.6) is 5.75 Å². The largest absolute Gasteiger partial charge is 0.497 e. The molecular weight excluding hydrogens is 216 g/mol. The maximum Gasteiger partial charge on any atom is 0.119 e. The molecule has 0 fully saturated rings. The highest BCUT2D eigenvalue weighted by atomic mass is 16.6. The van der Waals surface area contributed by atoms with E-state index in [1.165, 1.54) is 11.3 Å². The van der Waals surface area contributed by atoms with Gasteiger partial charge in [-0.15, -0.1) is 0 Å². The molecule has 2 N–H and O–H groups in total. The molecule has 0 saturated heterocycles. The predicted octanol–water partition coefficient (Wildman–Crippen LogP) is 1.90. The van der Waals surface area contributed by atoms with Crippen LogP contribution in [0.15, 0.2) is 18.2 Å². The van der Waals surface area contributed by atoms with Gasteiger partial charge in [0.1, 0.15) is 5.75 Å². The summed E-state index contributed by atoms with van der Waals surface area (Å²) in [6.45, 7) is 5.89. The van der Waals surface area contributed by atoms with E-state index in [1.807, 2.05) is 6.07 Å². The third-order valence-electron chi connectivity index (χ3n) is 3.32. The summed E-state index contributed by atoms with van der Waals surface area (Å²) in [5.74, 6) is 6.42. The van der Waals surface area contributed by atoms with Gasteiger partial charge in [0.05, 0.1) is 13.7 Å². The number of benzene rings is 1.